The Balaban J connectivity index is 0.00000450. The standard InChI is InChI=1S/C22H38N4O3.HI/c1-7-29-20-18(27-5)13-17(14-19(20)28-6)15-24-21(23-4)25-16-22(2,3)26-11-9-8-10-12-26;/h13-14H,7-12,15-16H2,1-6H3,(H2,23,24,25);1H. The highest BCUT2D eigenvalue weighted by Gasteiger charge is 2.27. The second-order valence-corrected chi connectivity index (χ2v) is 7.90. The van der Waals surface area contributed by atoms with Crippen LogP contribution < -0.4 is 24.8 Å². The number of nitrogens with one attached hydrogen (secondary N) is 2. The Morgan fingerprint density at radius 1 is 1.07 bits per heavy atom. The van der Waals surface area contributed by atoms with E-state index in [2.05, 4.69) is 34.4 Å². The van der Waals surface area contributed by atoms with Gasteiger partial charge in [0.25, 0.3) is 0 Å². The van der Waals surface area contributed by atoms with Crippen LogP contribution in [0, 0.1) is 0 Å². The normalized spacial score (nSPS) is 15.2. The average molecular weight is 534 g/mol. The van der Waals surface area contributed by atoms with Crippen LogP contribution in [-0.4, -0.2) is 63.9 Å². The van der Waals surface area contributed by atoms with E-state index in [4.69, 9.17) is 14.2 Å². The fraction of sp³-hybridized carbons (Fsp3) is 0.682. The largest absolute Gasteiger partial charge is 0.493 e. The molecule has 1 aromatic rings. The van der Waals surface area contributed by atoms with Crippen molar-refractivity contribution in [2.24, 2.45) is 4.99 Å². The molecule has 0 spiro atoms. The SMILES string of the molecule is CCOc1c(OC)cc(CNC(=NC)NCC(C)(C)N2CCCCC2)cc1OC.I. The molecule has 1 aliphatic heterocycles. The molecule has 8 heteroatoms. The number of benzene rings is 1. The van der Waals surface area contributed by atoms with Gasteiger partial charge >= 0.3 is 0 Å². The molecule has 0 radical (unpaired) electrons. The van der Waals surface area contributed by atoms with Crippen molar-refractivity contribution in [1.82, 2.24) is 15.5 Å². The molecule has 0 aromatic heterocycles. The van der Waals surface area contributed by atoms with E-state index in [1.165, 1.54) is 32.4 Å². The lowest BCUT2D eigenvalue weighted by atomic mass is 9.98. The van der Waals surface area contributed by atoms with Crippen molar-refractivity contribution < 1.29 is 14.2 Å². The third kappa shape index (κ3) is 7.37. The number of hydrogen-bond acceptors (Lipinski definition) is 5. The zero-order chi connectivity index (χ0) is 21.3. The van der Waals surface area contributed by atoms with E-state index in [1.807, 2.05) is 19.1 Å². The van der Waals surface area contributed by atoms with E-state index in [0.29, 0.717) is 30.4 Å². The number of rotatable bonds is 9. The molecular formula is C22H39IN4O3. The first-order valence-corrected chi connectivity index (χ1v) is 10.5. The summed E-state index contributed by atoms with van der Waals surface area (Å²) in [6.07, 6.45) is 3.92. The highest BCUT2D eigenvalue weighted by atomic mass is 127. The number of likely N-dealkylation sites (tertiary alicyclic amines) is 1. The van der Waals surface area contributed by atoms with Crippen LogP contribution >= 0.6 is 24.0 Å². The van der Waals surface area contributed by atoms with Crippen LogP contribution in [0.3, 0.4) is 0 Å². The first kappa shape index (κ1) is 26.6. The van der Waals surface area contributed by atoms with Gasteiger partial charge in [0.15, 0.2) is 17.5 Å². The lowest BCUT2D eigenvalue weighted by Gasteiger charge is -2.41. The Hall–Kier alpha value is -1.42. The average Bonchev–Trinajstić information content (AvgIpc) is 2.75. The molecule has 7 nitrogen and oxygen atoms in total. The number of guanidine groups is 1. The molecule has 1 aliphatic rings. The summed E-state index contributed by atoms with van der Waals surface area (Å²) in [6.45, 7) is 10.9. The Labute approximate surface area is 199 Å². The summed E-state index contributed by atoms with van der Waals surface area (Å²) in [5.41, 5.74) is 1.12. The maximum atomic E-state index is 5.67. The molecule has 1 saturated heterocycles. The Bertz CT molecular complexity index is 651. The number of halogens is 1. The molecule has 0 bridgehead atoms. The zero-order valence-electron chi connectivity index (χ0n) is 19.3. The van der Waals surface area contributed by atoms with Gasteiger partial charge in [-0.15, -0.1) is 24.0 Å². The molecule has 0 atom stereocenters. The molecular weight excluding hydrogens is 495 g/mol. The maximum absolute atomic E-state index is 5.67. The van der Waals surface area contributed by atoms with Gasteiger partial charge in [-0.25, -0.2) is 0 Å². The summed E-state index contributed by atoms with van der Waals surface area (Å²) < 4.78 is 16.7. The molecule has 1 heterocycles. The van der Waals surface area contributed by atoms with Gasteiger partial charge in [-0.3, -0.25) is 9.89 Å². The Kier molecular flexibility index (Phi) is 11.6. The monoisotopic (exact) mass is 534 g/mol. The minimum atomic E-state index is 0. The van der Waals surface area contributed by atoms with Crippen molar-refractivity contribution in [3.8, 4) is 17.2 Å². The van der Waals surface area contributed by atoms with E-state index in [0.717, 1.165) is 18.1 Å². The lowest BCUT2D eigenvalue weighted by molar-refractivity contribution is 0.0982. The van der Waals surface area contributed by atoms with Gasteiger partial charge in [-0.05, 0) is 64.4 Å². The third-order valence-corrected chi connectivity index (χ3v) is 5.39. The second kappa shape index (κ2) is 13.1. The van der Waals surface area contributed by atoms with Gasteiger partial charge in [0.1, 0.15) is 0 Å². The first-order valence-electron chi connectivity index (χ1n) is 10.5. The van der Waals surface area contributed by atoms with Gasteiger partial charge < -0.3 is 24.8 Å². The van der Waals surface area contributed by atoms with Crippen LogP contribution in [0.25, 0.3) is 0 Å². The van der Waals surface area contributed by atoms with Gasteiger partial charge in [-0.2, -0.15) is 0 Å². The van der Waals surface area contributed by atoms with Crippen LogP contribution in [0.5, 0.6) is 17.2 Å². The van der Waals surface area contributed by atoms with Gasteiger partial charge in [0, 0.05) is 25.7 Å². The lowest BCUT2D eigenvalue weighted by Crippen LogP contribution is -2.54. The zero-order valence-corrected chi connectivity index (χ0v) is 21.7. The van der Waals surface area contributed by atoms with E-state index < -0.39 is 0 Å². The number of methoxy groups -OCH3 is 2. The Morgan fingerprint density at radius 3 is 2.17 bits per heavy atom. The number of piperidine rings is 1. The minimum Gasteiger partial charge on any atom is -0.493 e. The maximum Gasteiger partial charge on any atom is 0.203 e. The van der Waals surface area contributed by atoms with Gasteiger partial charge in [0.05, 0.1) is 20.8 Å². The first-order chi connectivity index (χ1) is 13.9. The molecule has 0 amide bonds. The van der Waals surface area contributed by atoms with Gasteiger partial charge in [-0.1, -0.05) is 6.42 Å². The minimum absolute atomic E-state index is 0. The van der Waals surface area contributed by atoms with Crippen LogP contribution in [0.1, 0.15) is 45.6 Å². The molecule has 1 fully saturated rings. The molecule has 30 heavy (non-hydrogen) atoms. The summed E-state index contributed by atoms with van der Waals surface area (Å²) in [6, 6.07) is 3.93. The van der Waals surface area contributed by atoms with Crippen molar-refractivity contribution in [2.45, 2.75) is 52.1 Å². The number of ether oxygens (including phenoxy) is 3. The smallest absolute Gasteiger partial charge is 0.203 e. The van der Waals surface area contributed by atoms with Crippen molar-refractivity contribution in [1.29, 1.82) is 0 Å². The number of nitrogens with zero attached hydrogens (tertiary/aromatic N) is 2. The summed E-state index contributed by atoms with van der Waals surface area (Å²) in [5.74, 6) is 2.74. The highest BCUT2D eigenvalue weighted by molar-refractivity contribution is 14.0. The predicted molar refractivity (Wildman–Crippen MR) is 134 cm³/mol. The van der Waals surface area contributed by atoms with Crippen LogP contribution in [0.15, 0.2) is 17.1 Å². The number of hydrogen-bond donors (Lipinski definition) is 2. The third-order valence-electron chi connectivity index (χ3n) is 5.39. The Morgan fingerprint density at radius 2 is 1.67 bits per heavy atom. The molecule has 0 aliphatic carbocycles. The van der Waals surface area contributed by atoms with E-state index in [1.54, 1.807) is 21.3 Å². The van der Waals surface area contributed by atoms with Gasteiger partial charge in [0.2, 0.25) is 5.75 Å². The van der Waals surface area contributed by atoms with Crippen molar-refractivity contribution in [3.05, 3.63) is 17.7 Å². The predicted octanol–water partition coefficient (Wildman–Crippen LogP) is 3.65. The van der Waals surface area contributed by atoms with Crippen LogP contribution in [0.4, 0.5) is 0 Å². The van der Waals surface area contributed by atoms with Crippen molar-refractivity contribution in [3.63, 3.8) is 0 Å². The second-order valence-electron chi connectivity index (χ2n) is 7.90. The van der Waals surface area contributed by atoms with E-state index in [-0.39, 0.29) is 29.5 Å². The summed E-state index contributed by atoms with van der Waals surface area (Å²) >= 11 is 0. The van der Waals surface area contributed by atoms with Crippen molar-refractivity contribution >= 4 is 29.9 Å². The quantitative estimate of drug-likeness (QED) is 0.287. The fourth-order valence-corrected chi connectivity index (χ4v) is 3.64. The van der Waals surface area contributed by atoms with Crippen molar-refractivity contribution in [2.75, 3.05) is 47.5 Å². The van der Waals surface area contributed by atoms with Crippen LogP contribution in [0.2, 0.25) is 0 Å². The summed E-state index contributed by atoms with van der Waals surface area (Å²) in [4.78, 5) is 6.94. The summed E-state index contributed by atoms with van der Waals surface area (Å²) in [7, 11) is 5.07. The van der Waals surface area contributed by atoms with E-state index >= 15 is 0 Å². The molecule has 172 valence electrons. The topological polar surface area (TPSA) is 67.4 Å². The fourth-order valence-electron chi connectivity index (χ4n) is 3.64. The molecule has 2 rings (SSSR count). The molecule has 0 unspecified atom stereocenters. The van der Waals surface area contributed by atoms with Crippen LogP contribution in [-0.2, 0) is 6.54 Å². The van der Waals surface area contributed by atoms with E-state index in [9.17, 15) is 0 Å². The summed E-state index contributed by atoms with van der Waals surface area (Å²) in [5, 5.41) is 6.86. The molecule has 0 saturated carbocycles. The molecule has 1 aromatic carbocycles. The molecule has 2 N–H and O–H groups in total. The highest BCUT2D eigenvalue weighted by Crippen LogP contribution is 2.38. The number of aliphatic imine (C=N–C) groups is 1.